The highest BCUT2D eigenvalue weighted by atomic mass is 35.5. The molecule has 1 N–H and O–H groups in total. The minimum Gasteiger partial charge on any atom is -0.313 e. The van der Waals surface area contributed by atoms with E-state index >= 15 is 0 Å². The monoisotopic (exact) mass is 277 g/mol. The average Bonchev–Trinajstić information content (AvgIpc) is 2.39. The molecule has 2 aromatic rings. The van der Waals surface area contributed by atoms with Crippen LogP contribution in [0.4, 0.5) is 4.39 Å². The molecule has 0 aliphatic heterocycles. The van der Waals surface area contributed by atoms with Gasteiger partial charge in [-0.1, -0.05) is 36.7 Å². The molecule has 0 atom stereocenters. The SMILES string of the molecule is CCCNCc1cc(F)ccc1-c1cccc(Cl)c1. The summed E-state index contributed by atoms with van der Waals surface area (Å²) in [5.74, 6) is -0.209. The van der Waals surface area contributed by atoms with Crippen LogP contribution in [0.2, 0.25) is 5.02 Å². The maximum absolute atomic E-state index is 13.4. The highest BCUT2D eigenvalue weighted by Crippen LogP contribution is 2.26. The number of halogens is 2. The lowest BCUT2D eigenvalue weighted by Crippen LogP contribution is -2.14. The van der Waals surface area contributed by atoms with Crippen LogP contribution in [-0.4, -0.2) is 6.54 Å². The molecule has 0 radical (unpaired) electrons. The molecule has 0 aliphatic carbocycles. The zero-order valence-corrected chi connectivity index (χ0v) is 11.7. The van der Waals surface area contributed by atoms with Crippen LogP contribution in [0.3, 0.4) is 0 Å². The zero-order valence-electron chi connectivity index (χ0n) is 10.9. The van der Waals surface area contributed by atoms with Gasteiger partial charge in [0.05, 0.1) is 0 Å². The van der Waals surface area contributed by atoms with Crippen molar-refractivity contribution in [3.05, 3.63) is 58.9 Å². The highest BCUT2D eigenvalue weighted by Gasteiger charge is 2.07. The topological polar surface area (TPSA) is 12.0 Å². The van der Waals surface area contributed by atoms with Crippen LogP contribution < -0.4 is 5.32 Å². The van der Waals surface area contributed by atoms with Gasteiger partial charge < -0.3 is 5.32 Å². The summed E-state index contributed by atoms with van der Waals surface area (Å²) in [6.45, 7) is 3.69. The van der Waals surface area contributed by atoms with E-state index in [9.17, 15) is 4.39 Å². The number of hydrogen-bond acceptors (Lipinski definition) is 1. The Morgan fingerprint density at radius 1 is 1.16 bits per heavy atom. The summed E-state index contributed by atoms with van der Waals surface area (Å²) in [7, 11) is 0. The molecule has 0 amide bonds. The molecular weight excluding hydrogens is 261 g/mol. The molecule has 0 fully saturated rings. The van der Waals surface area contributed by atoms with Gasteiger partial charge in [-0.3, -0.25) is 0 Å². The van der Waals surface area contributed by atoms with Gasteiger partial charge in [-0.25, -0.2) is 4.39 Å². The molecule has 2 rings (SSSR count). The van der Waals surface area contributed by atoms with E-state index in [1.165, 1.54) is 6.07 Å². The lowest BCUT2D eigenvalue weighted by atomic mass is 9.99. The first-order valence-electron chi connectivity index (χ1n) is 6.46. The van der Waals surface area contributed by atoms with Crippen molar-refractivity contribution in [1.82, 2.24) is 5.32 Å². The molecule has 1 nitrogen and oxygen atoms in total. The minimum atomic E-state index is -0.209. The lowest BCUT2D eigenvalue weighted by molar-refractivity contribution is 0.619. The first-order chi connectivity index (χ1) is 9.20. The Hall–Kier alpha value is -1.38. The fourth-order valence-electron chi connectivity index (χ4n) is 2.05. The van der Waals surface area contributed by atoms with Gasteiger partial charge in [0.2, 0.25) is 0 Å². The van der Waals surface area contributed by atoms with E-state index in [1.807, 2.05) is 30.3 Å². The van der Waals surface area contributed by atoms with Crippen LogP contribution in [0.15, 0.2) is 42.5 Å². The lowest BCUT2D eigenvalue weighted by Gasteiger charge is -2.11. The average molecular weight is 278 g/mol. The third kappa shape index (κ3) is 3.79. The fraction of sp³-hybridized carbons (Fsp3) is 0.250. The number of nitrogens with one attached hydrogen (secondary N) is 1. The van der Waals surface area contributed by atoms with Gasteiger partial charge in [0, 0.05) is 11.6 Å². The molecule has 0 saturated carbocycles. The molecule has 3 heteroatoms. The van der Waals surface area contributed by atoms with Gasteiger partial charge in [-0.15, -0.1) is 0 Å². The normalized spacial score (nSPS) is 10.7. The summed E-state index contributed by atoms with van der Waals surface area (Å²) in [5.41, 5.74) is 2.99. The first kappa shape index (κ1) is 14.0. The quantitative estimate of drug-likeness (QED) is 0.785. The Morgan fingerprint density at radius 2 is 2.00 bits per heavy atom. The minimum absolute atomic E-state index is 0.209. The van der Waals surface area contributed by atoms with Crippen LogP contribution in [0.25, 0.3) is 11.1 Å². The van der Waals surface area contributed by atoms with E-state index in [1.54, 1.807) is 6.07 Å². The van der Waals surface area contributed by atoms with Crippen LogP contribution in [0.1, 0.15) is 18.9 Å². The van der Waals surface area contributed by atoms with Crippen LogP contribution >= 0.6 is 11.6 Å². The second-order valence-corrected chi connectivity index (χ2v) is 4.93. The first-order valence-corrected chi connectivity index (χ1v) is 6.83. The molecule has 2 aromatic carbocycles. The van der Waals surface area contributed by atoms with E-state index in [0.717, 1.165) is 29.7 Å². The maximum atomic E-state index is 13.4. The predicted octanol–water partition coefficient (Wildman–Crippen LogP) is 4.65. The second-order valence-electron chi connectivity index (χ2n) is 4.49. The summed E-state index contributed by atoms with van der Waals surface area (Å²) in [6.07, 6.45) is 1.06. The fourth-order valence-corrected chi connectivity index (χ4v) is 2.24. The van der Waals surface area contributed by atoms with E-state index in [4.69, 9.17) is 11.6 Å². The second kappa shape index (κ2) is 6.69. The molecular formula is C16H17ClFN. The largest absolute Gasteiger partial charge is 0.313 e. The molecule has 0 spiro atoms. The van der Waals surface area contributed by atoms with Gasteiger partial charge in [0.1, 0.15) is 5.82 Å². The molecule has 0 aromatic heterocycles. The zero-order chi connectivity index (χ0) is 13.7. The predicted molar refractivity (Wildman–Crippen MR) is 78.8 cm³/mol. The molecule has 0 saturated heterocycles. The van der Waals surface area contributed by atoms with E-state index in [0.29, 0.717) is 11.6 Å². The van der Waals surface area contributed by atoms with Crippen molar-refractivity contribution in [2.24, 2.45) is 0 Å². The Morgan fingerprint density at radius 3 is 2.74 bits per heavy atom. The Bertz CT molecular complexity index is 554. The number of benzene rings is 2. The summed E-state index contributed by atoms with van der Waals surface area (Å²) in [5, 5.41) is 3.99. The Labute approximate surface area is 118 Å². The van der Waals surface area contributed by atoms with Crippen LogP contribution in [-0.2, 0) is 6.54 Å². The summed E-state index contributed by atoms with van der Waals surface area (Å²) in [4.78, 5) is 0. The molecule has 19 heavy (non-hydrogen) atoms. The van der Waals surface area contributed by atoms with Gasteiger partial charge in [-0.2, -0.15) is 0 Å². The smallest absolute Gasteiger partial charge is 0.123 e. The van der Waals surface area contributed by atoms with Gasteiger partial charge in [0.25, 0.3) is 0 Å². The Kier molecular flexibility index (Phi) is 4.94. The van der Waals surface area contributed by atoms with E-state index < -0.39 is 0 Å². The third-order valence-electron chi connectivity index (χ3n) is 2.95. The van der Waals surface area contributed by atoms with Crippen molar-refractivity contribution in [2.75, 3.05) is 6.54 Å². The van der Waals surface area contributed by atoms with Crippen molar-refractivity contribution in [1.29, 1.82) is 0 Å². The number of rotatable bonds is 5. The van der Waals surface area contributed by atoms with Crippen LogP contribution in [0.5, 0.6) is 0 Å². The van der Waals surface area contributed by atoms with Gasteiger partial charge in [-0.05, 0) is 53.9 Å². The highest BCUT2D eigenvalue weighted by molar-refractivity contribution is 6.30. The molecule has 0 aliphatic rings. The maximum Gasteiger partial charge on any atom is 0.123 e. The van der Waals surface area contributed by atoms with Gasteiger partial charge >= 0.3 is 0 Å². The summed E-state index contributed by atoms with van der Waals surface area (Å²) >= 11 is 6.02. The van der Waals surface area contributed by atoms with Crippen molar-refractivity contribution < 1.29 is 4.39 Å². The standard InChI is InChI=1S/C16H17ClFN/c1-2-8-19-11-13-10-15(18)6-7-16(13)12-4-3-5-14(17)9-12/h3-7,9-10,19H,2,8,11H2,1H3. The number of hydrogen-bond donors (Lipinski definition) is 1. The van der Waals surface area contributed by atoms with E-state index in [2.05, 4.69) is 12.2 Å². The Balaban J connectivity index is 2.33. The van der Waals surface area contributed by atoms with Crippen molar-refractivity contribution in [3.8, 4) is 11.1 Å². The van der Waals surface area contributed by atoms with E-state index in [-0.39, 0.29) is 5.82 Å². The summed E-state index contributed by atoms with van der Waals surface area (Å²) in [6, 6.07) is 12.5. The van der Waals surface area contributed by atoms with Crippen molar-refractivity contribution in [2.45, 2.75) is 19.9 Å². The molecule has 0 bridgehead atoms. The molecule has 0 heterocycles. The summed E-state index contributed by atoms with van der Waals surface area (Å²) < 4.78 is 13.4. The van der Waals surface area contributed by atoms with Crippen molar-refractivity contribution in [3.63, 3.8) is 0 Å². The third-order valence-corrected chi connectivity index (χ3v) is 3.18. The van der Waals surface area contributed by atoms with Crippen LogP contribution in [0, 0.1) is 5.82 Å². The molecule has 0 unspecified atom stereocenters. The molecule has 100 valence electrons. The van der Waals surface area contributed by atoms with Crippen molar-refractivity contribution >= 4 is 11.6 Å². The van der Waals surface area contributed by atoms with Gasteiger partial charge in [0.15, 0.2) is 0 Å².